The third kappa shape index (κ3) is 6.02. The van der Waals surface area contributed by atoms with Crippen molar-refractivity contribution in [2.45, 2.75) is 70.4 Å². The number of carbonyl (C=O) groups is 2. The number of rotatable bonds is 11. The van der Waals surface area contributed by atoms with Gasteiger partial charge in [-0.3, -0.25) is 4.79 Å². The Morgan fingerprint density at radius 3 is 2.43 bits per heavy atom. The molecule has 2 N–H and O–H groups in total. The number of hydrogen-bond donors (Lipinski definition) is 2. The molecule has 4 aromatic rings. The maximum absolute atomic E-state index is 13.4. The number of amides is 1. The first-order chi connectivity index (χ1) is 20.4. The van der Waals surface area contributed by atoms with Crippen molar-refractivity contribution in [2.75, 3.05) is 7.11 Å². The van der Waals surface area contributed by atoms with Gasteiger partial charge in [0.15, 0.2) is 0 Å². The summed E-state index contributed by atoms with van der Waals surface area (Å²) in [5, 5.41) is 25.0. The van der Waals surface area contributed by atoms with E-state index in [2.05, 4.69) is 25.6 Å². The molecule has 218 valence electrons. The number of aliphatic carboxylic acids is 1. The molecule has 1 saturated carbocycles. The topological polar surface area (TPSA) is 134 Å². The lowest BCUT2D eigenvalue weighted by atomic mass is 9.79. The molecule has 0 aliphatic heterocycles. The molecule has 1 fully saturated rings. The molecule has 0 spiro atoms. The Kier molecular flexibility index (Phi) is 8.90. The second-order valence-electron chi connectivity index (χ2n) is 10.7. The van der Waals surface area contributed by atoms with Gasteiger partial charge in [-0.05, 0) is 59.4 Å². The molecule has 1 amide bonds. The van der Waals surface area contributed by atoms with Crippen LogP contribution in [0, 0.1) is 0 Å². The lowest BCUT2D eigenvalue weighted by Gasteiger charge is -2.43. The fourth-order valence-corrected chi connectivity index (χ4v) is 5.75. The summed E-state index contributed by atoms with van der Waals surface area (Å²) in [5.74, 6) is -0.0112. The van der Waals surface area contributed by atoms with Crippen molar-refractivity contribution in [1.29, 1.82) is 0 Å². The predicted molar refractivity (Wildman–Crippen MR) is 158 cm³/mol. The van der Waals surface area contributed by atoms with Crippen molar-refractivity contribution in [2.24, 2.45) is 0 Å². The first kappa shape index (κ1) is 28.9. The zero-order valence-corrected chi connectivity index (χ0v) is 24.0. The number of unbranched alkanes of at least 4 members (excludes halogenated alkanes) is 1. The van der Waals surface area contributed by atoms with Gasteiger partial charge in [0.2, 0.25) is 17.6 Å². The van der Waals surface area contributed by atoms with Crippen molar-refractivity contribution in [3.63, 3.8) is 0 Å². The zero-order chi connectivity index (χ0) is 29.5. The number of nitrogens with zero attached hydrogens (tertiary/aromatic N) is 5. The van der Waals surface area contributed by atoms with Crippen LogP contribution in [0.5, 0.6) is 5.88 Å². The maximum Gasteiger partial charge on any atom is 0.329 e. The van der Waals surface area contributed by atoms with E-state index < -0.39 is 11.5 Å². The van der Waals surface area contributed by atoms with E-state index in [0.717, 1.165) is 65.6 Å². The zero-order valence-electron chi connectivity index (χ0n) is 24.0. The largest absolute Gasteiger partial charge is 0.481 e. The summed E-state index contributed by atoms with van der Waals surface area (Å²) in [7, 11) is 1.59. The van der Waals surface area contributed by atoms with Crippen LogP contribution in [0.25, 0.3) is 33.8 Å². The number of aromatic amines is 1. The summed E-state index contributed by atoms with van der Waals surface area (Å²) in [6.07, 6.45) is 5.54. The van der Waals surface area contributed by atoms with Crippen molar-refractivity contribution >= 4 is 11.9 Å². The number of carbonyl (C=O) groups excluding carboxylic acids is 1. The first-order valence-corrected chi connectivity index (χ1v) is 14.5. The molecule has 42 heavy (non-hydrogen) atoms. The van der Waals surface area contributed by atoms with Gasteiger partial charge < -0.3 is 14.7 Å². The Labute approximate surface area is 245 Å². The third-order valence-corrected chi connectivity index (χ3v) is 8.08. The summed E-state index contributed by atoms with van der Waals surface area (Å²) >= 11 is 0. The van der Waals surface area contributed by atoms with E-state index >= 15 is 0 Å². The number of methoxy groups -OCH3 is 1. The Morgan fingerprint density at radius 1 is 1.00 bits per heavy atom. The molecular formula is C32H36N6O4. The highest BCUT2D eigenvalue weighted by molar-refractivity contribution is 5.87. The summed E-state index contributed by atoms with van der Waals surface area (Å²) < 4.78 is 5.31. The minimum atomic E-state index is -1.16. The van der Waals surface area contributed by atoms with Gasteiger partial charge in [-0.15, -0.1) is 10.2 Å². The highest BCUT2D eigenvalue weighted by atomic mass is 16.5. The van der Waals surface area contributed by atoms with E-state index in [4.69, 9.17) is 4.74 Å². The number of nitrogens with one attached hydrogen (secondary N) is 1. The number of aromatic nitrogens is 5. The minimum absolute atomic E-state index is 0.0943. The molecule has 0 atom stereocenters. The number of H-pyrrole nitrogens is 1. The molecule has 10 heteroatoms. The van der Waals surface area contributed by atoms with E-state index in [9.17, 15) is 14.7 Å². The van der Waals surface area contributed by atoms with Gasteiger partial charge in [0.25, 0.3) is 0 Å². The van der Waals surface area contributed by atoms with Crippen LogP contribution in [0.3, 0.4) is 0 Å². The van der Waals surface area contributed by atoms with Crippen LogP contribution in [0.2, 0.25) is 0 Å². The average molecular weight is 569 g/mol. The summed E-state index contributed by atoms with van der Waals surface area (Å²) in [4.78, 5) is 32.3. The summed E-state index contributed by atoms with van der Waals surface area (Å²) in [6.45, 7) is 2.28. The smallest absolute Gasteiger partial charge is 0.329 e. The van der Waals surface area contributed by atoms with Gasteiger partial charge >= 0.3 is 5.97 Å². The molecule has 0 bridgehead atoms. The molecular weight excluding hydrogens is 532 g/mol. The SMILES string of the molecule is CCCCC(=O)N(Cc1ccc(-c2cc(-c3cccc(OC)n3)ccc2-c2nn[nH]n2)cc1)C1(C(=O)O)CCCCC1. The van der Waals surface area contributed by atoms with Gasteiger partial charge in [0, 0.05) is 30.2 Å². The molecule has 0 unspecified atom stereocenters. The van der Waals surface area contributed by atoms with Crippen LogP contribution in [0.1, 0.15) is 63.9 Å². The van der Waals surface area contributed by atoms with E-state index in [-0.39, 0.29) is 12.5 Å². The van der Waals surface area contributed by atoms with E-state index in [1.165, 1.54) is 0 Å². The highest BCUT2D eigenvalue weighted by Gasteiger charge is 2.46. The normalized spacial score (nSPS) is 14.3. The van der Waals surface area contributed by atoms with Crippen molar-refractivity contribution in [3.05, 3.63) is 66.2 Å². The first-order valence-electron chi connectivity index (χ1n) is 14.5. The number of carboxylic acids is 1. The molecule has 2 aromatic heterocycles. The van der Waals surface area contributed by atoms with Crippen LogP contribution in [0.15, 0.2) is 60.7 Å². The van der Waals surface area contributed by atoms with Gasteiger partial charge in [0.1, 0.15) is 5.54 Å². The Balaban J connectivity index is 1.50. The molecule has 2 heterocycles. The minimum Gasteiger partial charge on any atom is -0.481 e. The standard InChI is InChI=1S/C32H36N6O4/c1-3-4-11-29(39)38(32(31(40)41)18-6-5-7-19-32)21-22-12-14-23(15-13-22)26-20-24(27-9-8-10-28(33-27)42-2)16-17-25(26)30-34-36-37-35-30/h8-10,12-17,20H,3-7,11,18-19,21H2,1-2H3,(H,40,41)(H,34,35,36,37). The summed E-state index contributed by atoms with van der Waals surface area (Å²) in [6, 6.07) is 19.5. The van der Waals surface area contributed by atoms with Crippen LogP contribution in [0.4, 0.5) is 0 Å². The van der Waals surface area contributed by atoms with E-state index in [0.29, 0.717) is 31.0 Å². The van der Waals surface area contributed by atoms with Crippen molar-refractivity contribution in [1.82, 2.24) is 30.5 Å². The maximum atomic E-state index is 13.4. The number of tetrazole rings is 1. The number of carboxylic acid groups (broad SMARTS) is 1. The van der Waals surface area contributed by atoms with Crippen LogP contribution in [-0.4, -0.2) is 60.1 Å². The Morgan fingerprint density at radius 2 is 1.76 bits per heavy atom. The Hall–Kier alpha value is -4.60. The third-order valence-electron chi connectivity index (χ3n) is 8.08. The van der Waals surface area contributed by atoms with Crippen molar-refractivity contribution < 1.29 is 19.4 Å². The molecule has 2 aromatic carbocycles. The summed E-state index contributed by atoms with van der Waals surface area (Å²) in [5.41, 5.74) is 3.97. The predicted octanol–water partition coefficient (Wildman–Crippen LogP) is 5.91. The van der Waals surface area contributed by atoms with E-state index in [1.54, 1.807) is 18.1 Å². The molecule has 5 rings (SSSR count). The second-order valence-corrected chi connectivity index (χ2v) is 10.7. The quantitative estimate of drug-likeness (QED) is 0.228. The number of pyridine rings is 1. The van der Waals surface area contributed by atoms with Gasteiger partial charge in [-0.25, -0.2) is 9.78 Å². The average Bonchev–Trinajstić information content (AvgIpc) is 3.58. The van der Waals surface area contributed by atoms with Crippen LogP contribution >= 0.6 is 0 Å². The van der Waals surface area contributed by atoms with Crippen LogP contribution < -0.4 is 4.74 Å². The molecule has 1 aliphatic carbocycles. The molecule has 10 nitrogen and oxygen atoms in total. The Bertz CT molecular complexity index is 1510. The van der Waals surface area contributed by atoms with E-state index in [1.807, 2.05) is 61.5 Å². The lowest BCUT2D eigenvalue weighted by molar-refractivity contribution is -0.163. The van der Waals surface area contributed by atoms with Gasteiger partial charge in [0.05, 0.1) is 12.8 Å². The highest BCUT2D eigenvalue weighted by Crippen LogP contribution is 2.37. The molecule has 1 aliphatic rings. The fourth-order valence-electron chi connectivity index (χ4n) is 5.75. The van der Waals surface area contributed by atoms with Gasteiger partial charge in [-0.1, -0.05) is 69.0 Å². The lowest BCUT2D eigenvalue weighted by Crippen LogP contribution is -2.57. The molecule has 0 saturated heterocycles. The van der Waals surface area contributed by atoms with Crippen LogP contribution in [-0.2, 0) is 16.1 Å². The van der Waals surface area contributed by atoms with Gasteiger partial charge in [-0.2, -0.15) is 5.21 Å². The number of benzene rings is 2. The monoisotopic (exact) mass is 568 g/mol. The fraction of sp³-hybridized carbons (Fsp3) is 0.375. The second kappa shape index (κ2) is 12.9. The molecule has 0 radical (unpaired) electrons. The number of hydrogen-bond acceptors (Lipinski definition) is 7. The number of ether oxygens (including phenoxy) is 1. The van der Waals surface area contributed by atoms with Crippen molar-refractivity contribution in [3.8, 4) is 39.7 Å².